The highest BCUT2D eigenvalue weighted by Crippen LogP contribution is 2.29. The van der Waals surface area contributed by atoms with Crippen molar-refractivity contribution in [2.45, 2.75) is 31.5 Å². The Morgan fingerprint density at radius 3 is 2.65 bits per heavy atom. The van der Waals surface area contributed by atoms with Crippen molar-refractivity contribution in [1.29, 1.82) is 0 Å². The van der Waals surface area contributed by atoms with Crippen LogP contribution >= 0.6 is 0 Å². The van der Waals surface area contributed by atoms with E-state index in [0.717, 1.165) is 16.7 Å². The minimum Gasteiger partial charge on any atom is -0.393 e. The van der Waals surface area contributed by atoms with Crippen molar-refractivity contribution in [1.82, 2.24) is 14.9 Å². The summed E-state index contributed by atoms with van der Waals surface area (Å²) in [6, 6.07) is 11.5. The van der Waals surface area contributed by atoms with Crippen LogP contribution in [0.1, 0.15) is 48.5 Å². The van der Waals surface area contributed by atoms with Gasteiger partial charge in [0.05, 0.1) is 19.1 Å². The van der Waals surface area contributed by atoms with Gasteiger partial charge in [0.15, 0.2) is 0 Å². The van der Waals surface area contributed by atoms with Crippen LogP contribution in [-0.2, 0) is 4.79 Å². The minimum atomic E-state index is -0.771. The van der Waals surface area contributed by atoms with Crippen LogP contribution in [0.3, 0.4) is 0 Å². The first kappa shape index (κ1) is 20.8. The van der Waals surface area contributed by atoms with Gasteiger partial charge in [0.2, 0.25) is 5.91 Å². The first-order valence-electron chi connectivity index (χ1n) is 9.98. The van der Waals surface area contributed by atoms with Gasteiger partial charge in [0, 0.05) is 23.5 Å². The van der Waals surface area contributed by atoms with E-state index in [1.54, 1.807) is 54.2 Å². The number of hydrogen-bond donors (Lipinski definition) is 3. The third kappa shape index (κ3) is 4.36. The van der Waals surface area contributed by atoms with E-state index in [1.165, 1.54) is 6.07 Å². The van der Waals surface area contributed by atoms with Gasteiger partial charge < -0.3 is 20.1 Å². The molecule has 3 atom stereocenters. The Bertz CT molecular complexity index is 1150. The summed E-state index contributed by atoms with van der Waals surface area (Å²) in [7, 11) is 0. The maximum atomic E-state index is 14.6. The molecular weight excluding hydrogens is 397 g/mol. The summed E-state index contributed by atoms with van der Waals surface area (Å²) in [6.45, 7) is 1.38. The number of halogens is 1. The molecule has 1 saturated heterocycles. The van der Waals surface area contributed by atoms with Gasteiger partial charge in [-0.2, -0.15) is 0 Å². The Morgan fingerprint density at radius 1 is 1.29 bits per heavy atom. The molecule has 0 aliphatic carbocycles. The fourth-order valence-electron chi connectivity index (χ4n) is 3.56. The number of carbonyl (C=O) groups is 1. The standard InChI is InChI=1S/C24H22FN3O3/c1-15(30)24-26-10-11-28(24)19(14-29)8-4-16-2-5-17(6-3-16)20-9-7-18(12-21(20)25)22-13-23(31)27-22/h2-3,5-7,9-12,15,19,22,29-30H,13-14H2,1H3,(H,27,31)/t15-,19-,22-/m0/s1. The highest BCUT2D eigenvalue weighted by Gasteiger charge is 2.27. The van der Waals surface area contributed by atoms with Crippen molar-refractivity contribution in [3.05, 3.63) is 77.6 Å². The van der Waals surface area contributed by atoms with E-state index >= 15 is 0 Å². The first-order chi connectivity index (χ1) is 15.0. The molecule has 1 amide bonds. The molecule has 0 saturated carbocycles. The number of hydrogen-bond acceptors (Lipinski definition) is 4. The highest BCUT2D eigenvalue weighted by atomic mass is 19.1. The van der Waals surface area contributed by atoms with Gasteiger partial charge in [-0.1, -0.05) is 36.1 Å². The summed E-state index contributed by atoms with van der Waals surface area (Å²) in [4.78, 5) is 15.2. The molecule has 1 aromatic heterocycles. The lowest BCUT2D eigenvalue weighted by atomic mass is 9.94. The van der Waals surface area contributed by atoms with Crippen molar-refractivity contribution in [2.75, 3.05) is 6.61 Å². The average Bonchev–Trinajstić information content (AvgIpc) is 3.23. The van der Waals surface area contributed by atoms with Gasteiger partial charge in [0.1, 0.15) is 23.8 Å². The summed E-state index contributed by atoms with van der Waals surface area (Å²) in [5.41, 5.74) is 2.67. The lowest BCUT2D eigenvalue weighted by Crippen LogP contribution is -2.41. The van der Waals surface area contributed by atoms with E-state index in [9.17, 15) is 19.4 Å². The molecule has 31 heavy (non-hydrogen) atoms. The fraction of sp³-hybridized carbons (Fsp3) is 0.250. The number of nitrogens with zero attached hydrogens (tertiary/aromatic N) is 2. The number of imidazole rings is 1. The van der Waals surface area contributed by atoms with Crippen molar-refractivity contribution in [2.24, 2.45) is 0 Å². The monoisotopic (exact) mass is 419 g/mol. The van der Waals surface area contributed by atoms with Crippen molar-refractivity contribution < 1.29 is 19.4 Å². The van der Waals surface area contributed by atoms with E-state index < -0.39 is 12.1 Å². The molecular formula is C24H22FN3O3. The quantitative estimate of drug-likeness (QED) is 0.438. The number of aliphatic hydroxyl groups excluding tert-OH is 2. The SMILES string of the molecule is C[C@H](O)c1nccn1[C@@H](C#Cc1ccc(-c2ccc([C@@H]3CC(=O)N3)cc2F)cc1)CO. The fourth-order valence-corrected chi connectivity index (χ4v) is 3.56. The number of rotatable bonds is 5. The molecule has 0 spiro atoms. The molecule has 1 fully saturated rings. The van der Waals surface area contributed by atoms with Crippen molar-refractivity contribution in [3.63, 3.8) is 0 Å². The van der Waals surface area contributed by atoms with Crippen LogP contribution in [-0.4, -0.2) is 32.3 Å². The molecule has 3 aromatic rings. The van der Waals surface area contributed by atoms with Gasteiger partial charge in [-0.15, -0.1) is 0 Å². The van der Waals surface area contributed by atoms with E-state index in [1.807, 2.05) is 6.07 Å². The average molecular weight is 419 g/mol. The molecule has 1 aliphatic rings. The van der Waals surface area contributed by atoms with Crippen molar-refractivity contribution >= 4 is 5.91 Å². The number of aromatic nitrogens is 2. The molecule has 6 nitrogen and oxygen atoms in total. The van der Waals surface area contributed by atoms with Crippen LogP contribution in [0.15, 0.2) is 54.9 Å². The topological polar surface area (TPSA) is 87.4 Å². The number of amides is 1. The largest absolute Gasteiger partial charge is 0.393 e. The maximum Gasteiger partial charge on any atom is 0.222 e. The number of β-lactam (4-membered cyclic amide) rings is 1. The van der Waals surface area contributed by atoms with E-state index in [0.29, 0.717) is 17.8 Å². The maximum absolute atomic E-state index is 14.6. The predicted octanol–water partition coefficient (Wildman–Crippen LogP) is 2.89. The number of benzene rings is 2. The zero-order valence-corrected chi connectivity index (χ0v) is 16.9. The second kappa shape index (κ2) is 8.72. The summed E-state index contributed by atoms with van der Waals surface area (Å²) >= 11 is 0. The van der Waals surface area contributed by atoms with Gasteiger partial charge in [-0.05, 0) is 36.2 Å². The van der Waals surface area contributed by atoms with E-state index in [2.05, 4.69) is 22.1 Å². The Labute approximate surface area is 179 Å². The van der Waals surface area contributed by atoms with Crippen LogP contribution in [0, 0.1) is 17.7 Å². The van der Waals surface area contributed by atoms with Crippen LogP contribution in [0.4, 0.5) is 4.39 Å². The Kier molecular flexibility index (Phi) is 5.85. The second-order valence-corrected chi connectivity index (χ2v) is 7.48. The normalized spacial score (nSPS) is 17.2. The molecule has 0 bridgehead atoms. The third-order valence-electron chi connectivity index (χ3n) is 5.28. The number of carbonyl (C=O) groups excluding carboxylic acids is 1. The molecule has 2 aromatic carbocycles. The smallest absolute Gasteiger partial charge is 0.222 e. The summed E-state index contributed by atoms with van der Waals surface area (Å²) < 4.78 is 16.3. The molecule has 2 heterocycles. The number of aliphatic hydroxyl groups is 2. The summed E-state index contributed by atoms with van der Waals surface area (Å²) in [5, 5.41) is 22.2. The molecule has 1 aliphatic heterocycles. The highest BCUT2D eigenvalue weighted by molar-refractivity contribution is 5.83. The molecule has 158 valence electrons. The minimum absolute atomic E-state index is 0.0234. The Morgan fingerprint density at radius 2 is 2.03 bits per heavy atom. The Balaban J connectivity index is 1.51. The van der Waals surface area contributed by atoms with Gasteiger partial charge in [-0.3, -0.25) is 4.79 Å². The lowest BCUT2D eigenvalue weighted by Gasteiger charge is -2.27. The van der Waals surface area contributed by atoms with Gasteiger partial charge >= 0.3 is 0 Å². The first-order valence-corrected chi connectivity index (χ1v) is 9.98. The predicted molar refractivity (Wildman–Crippen MR) is 113 cm³/mol. The van der Waals surface area contributed by atoms with Crippen LogP contribution in [0.25, 0.3) is 11.1 Å². The second-order valence-electron chi connectivity index (χ2n) is 7.48. The molecule has 7 heteroatoms. The molecule has 3 N–H and O–H groups in total. The number of nitrogens with one attached hydrogen (secondary N) is 1. The van der Waals surface area contributed by atoms with Crippen LogP contribution in [0.5, 0.6) is 0 Å². The van der Waals surface area contributed by atoms with Gasteiger partial charge in [-0.25, -0.2) is 9.37 Å². The zero-order valence-electron chi connectivity index (χ0n) is 16.9. The lowest BCUT2D eigenvalue weighted by molar-refractivity contribution is -0.128. The Hall–Kier alpha value is -3.47. The third-order valence-corrected chi connectivity index (χ3v) is 5.28. The van der Waals surface area contributed by atoms with E-state index in [4.69, 9.17) is 0 Å². The summed E-state index contributed by atoms with van der Waals surface area (Å²) in [5.74, 6) is 6.07. The molecule has 0 unspecified atom stereocenters. The van der Waals surface area contributed by atoms with Crippen LogP contribution < -0.4 is 5.32 Å². The summed E-state index contributed by atoms with van der Waals surface area (Å²) in [6.07, 6.45) is 2.84. The molecule has 4 rings (SSSR count). The zero-order chi connectivity index (χ0) is 22.0. The van der Waals surface area contributed by atoms with Crippen LogP contribution in [0.2, 0.25) is 0 Å². The van der Waals surface area contributed by atoms with E-state index in [-0.39, 0.29) is 24.4 Å². The molecule has 0 radical (unpaired) electrons. The van der Waals surface area contributed by atoms with Crippen molar-refractivity contribution in [3.8, 4) is 23.0 Å². The van der Waals surface area contributed by atoms with Gasteiger partial charge in [0.25, 0.3) is 0 Å².